The molecule has 0 N–H and O–H groups in total. The lowest BCUT2D eigenvalue weighted by molar-refractivity contribution is -0.00326. The van der Waals surface area contributed by atoms with E-state index < -0.39 is 0 Å². The van der Waals surface area contributed by atoms with Crippen molar-refractivity contribution in [2.45, 2.75) is 76.6 Å². The normalized spacial score (nSPS) is 36.0. The highest BCUT2D eigenvalue weighted by Gasteiger charge is 2.72. The van der Waals surface area contributed by atoms with Crippen LogP contribution in [0.1, 0.15) is 59.8 Å². The molecule has 0 aliphatic carbocycles. The van der Waals surface area contributed by atoms with Crippen molar-refractivity contribution in [2.75, 3.05) is 6.61 Å². The van der Waals surface area contributed by atoms with Crippen molar-refractivity contribution in [3.63, 3.8) is 0 Å². The van der Waals surface area contributed by atoms with E-state index in [9.17, 15) is 0 Å². The van der Waals surface area contributed by atoms with Crippen LogP contribution in [0.25, 0.3) is 0 Å². The van der Waals surface area contributed by atoms with E-state index in [0.717, 1.165) is 38.7 Å². The molecule has 2 rings (SSSR count). The molecule has 0 saturated carbocycles. The summed E-state index contributed by atoms with van der Waals surface area (Å²) in [6.45, 7) is 9.73. The summed E-state index contributed by atoms with van der Waals surface area (Å²) >= 11 is 0. The monoisotopic (exact) mass is 212 g/mol. The fourth-order valence-corrected chi connectivity index (χ4v) is 3.34. The minimum Gasteiger partial charge on any atom is -0.372 e. The molecule has 2 fully saturated rings. The second-order valence-corrected chi connectivity index (χ2v) is 5.15. The van der Waals surface area contributed by atoms with Crippen LogP contribution < -0.4 is 0 Å². The van der Waals surface area contributed by atoms with E-state index in [-0.39, 0.29) is 16.8 Å². The quantitative estimate of drug-likeness (QED) is 0.667. The Morgan fingerprint density at radius 3 is 1.87 bits per heavy atom. The van der Waals surface area contributed by atoms with Crippen LogP contribution in [-0.4, -0.2) is 23.4 Å². The van der Waals surface area contributed by atoms with Gasteiger partial charge in [-0.3, -0.25) is 0 Å². The maximum Gasteiger partial charge on any atom is 0.124 e. The number of hydrogen-bond donors (Lipinski definition) is 0. The second-order valence-electron chi connectivity index (χ2n) is 5.15. The Kier molecular flexibility index (Phi) is 2.63. The molecule has 0 radical (unpaired) electrons. The first-order valence-corrected chi connectivity index (χ1v) is 6.45. The number of epoxide rings is 1. The molecule has 2 heterocycles. The van der Waals surface area contributed by atoms with Crippen molar-refractivity contribution < 1.29 is 9.47 Å². The molecule has 2 heteroatoms. The molecule has 0 amide bonds. The lowest BCUT2D eigenvalue weighted by Crippen LogP contribution is -2.29. The van der Waals surface area contributed by atoms with Gasteiger partial charge in [0.15, 0.2) is 0 Å². The van der Waals surface area contributed by atoms with Crippen LogP contribution in [0.5, 0.6) is 0 Å². The highest BCUT2D eigenvalue weighted by atomic mass is 16.7. The first-order valence-electron chi connectivity index (χ1n) is 6.45. The lowest BCUT2D eigenvalue weighted by Gasteiger charge is -2.24. The van der Waals surface area contributed by atoms with Gasteiger partial charge >= 0.3 is 0 Å². The second kappa shape index (κ2) is 3.46. The smallest absolute Gasteiger partial charge is 0.124 e. The van der Waals surface area contributed by atoms with Crippen LogP contribution in [0.2, 0.25) is 0 Å². The van der Waals surface area contributed by atoms with Gasteiger partial charge in [-0.2, -0.15) is 0 Å². The van der Waals surface area contributed by atoms with E-state index in [1.165, 1.54) is 0 Å². The molecule has 2 aliphatic rings. The standard InChI is InChI=1S/C13H24O2/c1-5-11(6-2)9-13(10-14-11)12(7-3,8-4)15-13/h5-10H2,1-4H3. The fraction of sp³-hybridized carbons (Fsp3) is 1.00. The summed E-state index contributed by atoms with van der Waals surface area (Å²) in [7, 11) is 0. The third kappa shape index (κ3) is 1.38. The summed E-state index contributed by atoms with van der Waals surface area (Å²) in [5, 5.41) is 0. The Hall–Kier alpha value is -0.0800. The minimum absolute atomic E-state index is 0.0719. The molecule has 2 aliphatic heterocycles. The predicted molar refractivity (Wildman–Crippen MR) is 61.0 cm³/mol. The van der Waals surface area contributed by atoms with Gasteiger partial charge in [0.25, 0.3) is 0 Å². The zero-order valence-corrected chi connectivity index (χ0v) is 10.6. The third-order valence-electron chi connectivity index (χ3n) is 4.83. The molecule has 1 atom stereocenters. The molecular weight excluding hydrogens is 188 g/mol. The Balaban J connectivity index is 2.11. The summed E-state index contributed by atoms with van der Waals surface area (Å²) in [5.74, 6) is 0. The van der Waals surface area contributed by atoms with Gasteiger partial charge in [0, 0.05) is 6.42 Å². The van der Waals surface area contributed by atoms with Crippen molar-refractivity contribution in [3.8, 4) is 0 Å². The molecule has 0 aromatic heterocycles. The van der Waals surface area contributed by atoms with Crippen LogP contribution in [0.3, 0.4) is 0 Å². The van der Waals surface area contributed by atoms with Gasteiger partial charge in [-0.15, -0.1) is 0 Å². The average molecular weight is 212 g/mol. The summed E-state index contributed by atoms with van der Waals surface area (Å²) in [5.41, 5.74) is 0.313. The summed E-state index contributed by atoms with van der Waals surface area (Å²) in [6.07, 6.45) is 5.57. The largest absolute Gasteiger partial charge is 0.372 e. The van der Waals surface area contributed by atoms with E-state index >= 15 is 0 Å². The van der Waals surface area contributed by atoms with Crippen LogP contribution in [0, 0.1) is 0 Å². The zero-order chi connectivity index (χ0) is 11.2. The zero-order valence-electron chi connectivity index (χ0n) is 10.6. The highest BCUT2D eigenvalue weighted by Crippen LogP contribution is 2.61. The predicted octanol–water partition coefficient (Wildman–Crippen LogP) is 3.29. The molecule has 0 aromatic carbocycles. The Bertz CT molecular complexity index is 231. The Morgan fingerprint density at radius 1 is 0.933 bits per heavy atom. The maximum absolute atomic E-state index is 6.09. The van der Waals surface area contributed by atoms with Gasteiger partial charge < -0.3 is 9.47 Å². The van der Waals surface area contributed by atoms with Crippen molar-refractivity contribution in [1.82, 2.24) is 0 Å². The molecule has 2 nitrogen and oxygen atoms in total. The molecule has 0 aromatic rings. The van der Waals surface area contributed by atoms with Gasteiger partial charge in [-0.1, -0.05) is 27.7 Å². The molecular formula is C13H24O2. The SMILES string of the molecule is CCC1(CC)CC2(CO1)OC2(CC)CC. The summed E-state index contributed by atoms with van der Waals surface area (Å²) in [6, 6.07) is 0. The third-order valence-corrected chi connectivity index (χ3v) is 4.83. The summed E-state index contributed by atoms with van der Waals surface area (Å²) in [4.78, 5) is 0. The summed E-state index contributed by atoms with van der Waals surface area (Å²) < 4.78 is 12.1. The Morgan fingerprint density at radius 2 is 1.53 bits per heavy atom. The van der Waals surface area contributed by atoms with Gasteiger partial charge in [0.05, 0.1) is 17.8 Å². The van der Waals surface area contributed by atoms with E-state index in [0.29, 0.717) is 0 Å². The van der Waals surface area contributed by atoms with Gasteiger partial charge in [0.2, 0.25) is 0 Å². The number of rotatable bonds is 4. The van der Waals surface area contributed by atoms with E-state index in [1.54, 1.807) is 0 Å². The molecule has 0 bridgehead atoms. The van der Waals surface area contributed by atoms with Crippen LogP contribution in [-0.2, 0) is 9.47 Å². The first-order chi connectivity index (χ1) is 7.11. The minimum atomic E-state index is 0.0719. The van der Waals surface area contributed by atoms with Crippen molar-refractivity contribution in [3.05, 3.63) is 0 Å². The molecule has 88 valence electrons. The van der Waals surface area contributed by atoms with Crippen LogP contribution in [0.4, 0.5) is 0 Å². The highest BCUT2D eigenvalue weighted by molar-refractivity contribution is 5.20. The van der Waals surface area contributed by atoms with E-state index in [2.05, 4.69) is 27.7 Å². The fourth-order valence-electron chi connectivity index (χ4n) is 3.34. The Labute approximate surface area is 93.3 Å². The molecule has 15 heavy (non-hydrogen) atoms. The van der Waals surface area contributed by atoms with Crippen molar-refractivity contribution >= 4 is 0 Å². The van der Waals surface area contributed by atoms with Gasteiger partial charge in [-0.25, -0.2) is 0 Å². The molecule has 2 saturated heterocycles. The van der Waals surface area contributed by atoms with Crippen molar-refractivity contribution in [1.29, 1.82) is 0 Å². The molecule has 1 unspecified atom stereocenters. The van der Waals surface area contributed by atoms with Gasteiger partial charge in [0.1, 0.15) is 5.60 Å². The number of hydrogen-bond acceptors (Lipinski definition) is 2. The van der Waals surface area contributed by atoms with Gasteiger partial charge in [-0.05, 0) is 25.7 Å². The topological polar surface area (TPSA) is 21.8 Å². The van der Waals surface area contributed by atoms with Crippen LogP contribution in [0.15, 0.2) is 0 Å². The molecule has 1 spiro atoms. The van der Waals surface area contributed by atoms with Crippen molar-refractivity contribution in [2.24, 2.45) is 0 Å². The van der Waals surface area contributed by atoms with E-state index in [4.69, 9.17) is 9.47 Å². The first kappa shape index (κ1) is 11.4. The average Bonchev–Trinajstić information content (AvgIpc) is 2.74. The lowest BCUT2D eigenvalue weighted by atomic mass is 9.81. The number of ether oxygens (including phenoxy) is 2. The van der Waals surface area contributed by atoms with Crippen LogP contribution >= 0.6 is 0 Å². The maximum atomic E-state index is 6.09. The van der Waals surface area contributed by atoms with E-state index in [1.807, 2.05) is 0 Å².